The molecule has 5 heterocycles. The Bertz CT molecular complexity index is 1690. The molecule has 35 heavy (non-hydrogen) atoms. The minimum absolute atomic E-state index is 0.206. The highest BCUT2D eigenvalue weighted by Gasteiger charge is 2.25. The third kappa shape index (κ3) is 3.36. The summed E-state index contributed by atoms with van der Waals surface area (Å²) in [5, 5.41) is 15.3. The molecule has 8 nitrogen and oxygen atoms in total. The fraction of sp³-hybridized carbons (Fsp3) is 0.0769. The summed E-state index contributed by atoms with van der Waals surface area (Å²) >= 11 is 0. The van der Waals surface area contributed by atoms with Crippen molar-refractivity contribution in [2.75, 3.05) is 5.73 Å². The molecule has 0 spiro atoms. The van der Waals surface area contributed by atoms with Crippen molar-refractivity contribution in [1.82, 2.24) is 29.1 Å². The van der Waals surface area contributed by atoms with Crippen molar-refractivity contribution in [2.24, 2.45) is 0 Å². The zero-order valence-electron chi connectivity index (χ0n) is 18.7. The molecule has 9 heteroatoms. The van der Waals surface area contributed by atoms with Crippen LogP contribution in [0.15, 0.2) is 79.4 Å². The first kappa shape index (κ1) is 20.8. The van der Waals surface area contributed by atoms with Gasteiger partial charge in [0.1, 0.15) is 29.4 Å². The minimum Gasteiger partial charge on any atom is -0.508 e. The molecular weight excluding hydrogens is 445 g/mol. The van der Waals surface area contributed by atoms with Crippen molar-refractivity contribution in [3.63, 3.8) is 0 Å². The number of pyridine rings is 2. The minimum atomic E-state index is -0.581. The van der Waals surface area contributed by atoms with Crippen LogP contribution in [-0.2, 0) is 0 Å². The number of aromatic hydroxyl groups is 1. The highest BCUT2D eigenvalue weighted by Crippen LogP contribution is 2.37. The van der Waals surface area contributed by atoms with Gasteiger partial charge in [0.05, 0.1) is 22.8 Å². The van der Waals surface area contributed by atoms with Crippen LogP contribution in [0.3, 0.4) is 0 Å². The predicted octanol–water partition coefficient (Wildman–Crippen LogP) is 4.84. The molecule has 0 fully saturated rings. The van der Waals surface area contributed by atoms with Gasteiger partial charge in [0.15, 0.2) is 5.65 Å². The Labute approximate surface area is 199 Å². The van der Waals surface area contributed by atoms with E-state index < -0.39 is 5.82 Å². The summed E-state index contributed by atoms with van der Waals surface area (Å²) in [7, 11) is 0. The lowest BCUT2D eigenvalue weighted by Crippen LogP contribution is -2.10. The van der Waals surface area contributed by atoms with E-state index in [2.05, 4.69) is 25.4 Å². The number of benzene rings is 1. The number of fused-ring (bicyclic) bond motifs is 2. The molecule has 1 atom stereocenters. The maximum atomic E-state index is 14.1. The Balaban J connectivity index is 1.61. The third-order valence-corrected chi connectivity index (χ3v) is 6.11. The van der Waals surface area contributed by atoms with Crippen LogP contribution in [0, 0.1) is 5.82 Å². The molecule has 0 amide bonds. The second-order valence-corrected chi connectivity index (χ2v) is 8.28. The van der Waals surface area contributed by atoms with E-state index >= 15 is 0 Å². The molecule has 3 N–H and O–H groups in total. The summed E-state index contributed by atoms with van der Waals surface area (Å²) in [4.78, 5) is 13.2. The molecule has 5 aromatic heterocycles. The molecule has 0 aliphatic carbocycles. The zero-order chi connectivity index (χ0) is 24.1. The molecule has 0 aliphatic heterocycles. The van der Waals surface area contributed by atoms with Crippen LogP contribution >= 0.6 is 0 Å². The summed E-state index contributed by atoms with van der Waals surface area (Å²) in [6.45, 7) is 2.01. The third-order valence-electron chi connectivity index (χ3n) is 6.11. The Kier molecular flexibility index (Phi) is 4.70. The van der Waals surface area contributed by atoms with Gasteiger partial charge in [-0.3, -0.25) is 4.98 Å². The Hall–Kier alpha value is -4.79. The van der Waals surface area contributed by atoms with Crippen LogP contribution in [-0.4, -0.2) is 34.2 Å². The first-order chi connectivity index (χ1) is 17.0. The second-order valence-electron chi connectivity index (χ2n) is 8.28. The first-order valence-corrected chi connectivity index (χ1v) is 11.0. The van der Waals surface area contributed by atoms with Crippen LogP contribution in [0.2, 0.25) is 0 Å². The number of nitrogens with two attached hydrogens (primary N) is 1. The van der Waals surface area contributed by atoms with Crippen LogP contribution in [0.1, 0.15) is 18.5 Å². The highest BCUT2D eigenvalue weighted by molar-refractivity contribution is 5.98. The standard InChI is InChI=1S/C26H20FN7O/c1-15(20-13-18-6-3-5-9-33(18)24(20)21-7-2-4-8-29-21)34-26-22(25(28)30-14-31-26)23(32-34)16-10-17(27)12-19(35)11-16/h2-15,35H,1H3,(H2,28,30,31). The largest absolute Gasteiger partial charge is 0.508 e. The monoisotopic (exact) mass is 465 g/mol. The van der Waals surface area contributed by atoms with Gasteiger partial charge in [-0.25, -0.2) is 19.0 Å². The number of rotatable bonds is 4. The average molecular weight is 465 g/mol. The molecule has 0 radical (unpaired) electrons. The quantitative estimate of drug-likeness (QED) is 0.386. The van der Waals surface area contributed by atoms with Gasteiger partial charge >= 0.3 is 0 Å². The Morgan fingerprint density at radius 1 is 1.00 bits per heavy atom. The van der Waals surface area contributed by atoms with Crippen molar-refractivity contribution >= 4 is 22.4 Å². The first-order valence-electron chi connectivity index (χ1n) is 11.0. The fourth-order valence-corrected chi connectivity index (χ4v) is 4.55. The number of phenolic OH excluding ortho intramolecular Hbond substituents is 1. The fourth-order valence-electron chi connectivity index (χ4n) is 4.55. The predicted molar refractivity (Wildman–Crippen MR) is 131 cm³/mol. The van der Waals surface area contributed by atoms with E-state index in [1.807, 2.05) is 49.5 Å². The van der Waals surface area contributed by atoms with E-state index in [4.69, 9.17) is 10.8 Å². The number of aromatic nitrogens is 6. The molecule has 6 rings (SSSR count). The summed E-state index contributed by atoms with van der Waals surface area (Å²) in [6, 6.07) is 17.4. The normalized spacial score (nSPS) is 12.4. The van der Waals surface area contributed by atoms with Crippen LogP contribution in [0.4, 0.5) is 10.2 Å². The van der Waals surface area contributed by atoms with Crippen molar-refractivity contribution in [2.45, 2.75) is 13.0 Å². The van der Waals surface area contributed by atoms with Crippen LogP contribution in [0.25, 0.3) is 39.2 Å². The van der Waals surface area contributed by atoms with Gasteiger partial charge in [-0.1, -0.05) is 12.1 Å². The van der Waals surface area contributed by atoms with E-state index in [0.29, 0.717) is 22.3 Å². The Morgan fingerprint density at radius 3 is 2.66 bits per heavy atom. The lowest BCUT2D eigenvalue weighted by atomic mass is 10.1. The van der Waals surface area contributed by atoms with Gasteiger partial charge in [-0.05, 0) is 49.4 Å². The molecular formula is C26H20FN7O. The number of hydrogen-bond acceptors (Lipinski definition) is 6. The second kappa shape index (κ2) is 7.91. The number of phenols is 1. The SMILES string of the molecule is CC(c1cc2ccccn2c1-c1ccccn1)n1nc(-c2cc(O)cc(F)c2)c2c(N)ncnc21. The summed E-state index contributed by atoms with van der Waals surface area (Å²) in [5.41, 5.74) is 11.3. The van der Waals surface area contributed by atoms with Gasteiger partial charge in [0.2, 0.25) is 0 Å². The van der Waals surface area contributed by atoms with E-state index in [-0.39, 0.29) is 17.6 Å². The van der Waals surface area contributed by atoms with Crippen molar-refractivity contribution < 1.29 is 9.50 Å². The van der Waals surface area contributed by atoms with Gasteiger partial charge in [-0.2, -0.15) is 5.10 Å². The van der Waals surface area contributed by atoms with Gasteiger partial charge in [0, 0.05) is 35.1 Å². The molecule has 1 aromatic carbocycles. The number of halogens is 1. The van der Waals surface area contributed by atoms with E-state index in [1.54, 1.807) is 10.9 Å². The molecule has 172 valence electrons. The number of nitrogen functional groups attached to an aromatic ring is 1. The molecule has 0 bridgehead atoms. The Morgan fingerprint density at radius 2 is 1.86 bits per heavy atom. The average Bonchev–Trinajstić information content (AvgIpc) is 3.44. The van der Waals surface area contributed by atoms with E-state index in [1.165, 1.54) is 18.5 Å². The molecule has 6 aromatic rings. The summed E-state index contributed by atoms with van der Waals surface area (Å²) in [5.74, 6) is -0.566. The molecule has 1 unspecified atom stereocenters. The van der Waals surface area contributed by atoms with Crippen molar-refractivity contribution in [3.8, 4) is 28.4 Å². The van der Waals surface area contributed by atoms with Gasteiger partial charge in [-0.15, -0.1) is 0 Å². The number of anilines is 1. The number of nitrogens with zero attached hydrogens (tertiary/aromatic N) is 6. The van der Waals surface area contributed by atoms with Crippen molar-refractivity contribution in [1.29, 1.82) is 0 Å². The number of hydrogen-bond donors (Lipinski definition) is 2. The van der Waals surface area contributed by atoms with E-state index in [0.717, 1.165) is 28.5 Å². The van der Waals surface area contributed by atoms with Crippen LogP contribution in [0.5, 0.6) is 5.75 Å². The lowest BCUT2D eigenvalue weighted by Gasteiger charge is -2.15. The molecule has 0 saturated carbocycles. The maximum Gasteiger partial charge on any atom is 0.164 e. The van der Waals surface area contributed by atoms with Crippen molar-refractivity contribution in [3.05, 3.63) is 90.8 Å². The molecule has 0 aliphatic rings. The van der Waals surface area contributed by atoms with Crippen LogP contribution < -0.4 is 5.73 Å². The smallest absolute Gasteiger partial charge is 0.164 e. The summed E-state index contributed by atoms with van der Waals surface area (Å²) in [6.07, 6.45) is 5.14. The van der Waals surface area contributed by atoms with Gasteiger partial charge < -0.3 is 15.2 Å². The highest BCUT2D eigenvalue weighted by atomic mass is 19.1. The zero-order valence-corrected chi connectivity index (χ0v) is 18.7. The maximum absolute atomic E-state index is 14.1. The summed E-state index contributed by atoms with van der Waals surface area (Å²) < 4.78 is 18.0. The lowest BCUT2D eigenvalue weighted by molar-refractivity contribution is 0.469. The topological polar surface area (TPSA) is 107 Å². The molecule has 0 saturated heterocycles. The van der Waals surface area contributed by atoms with Gasteiger partial charge in [0.25, 0.3) is 0 Å². The van der Waals surface area contributed by atoms with E-state index in [9.17, 15) is 9.50 Å².